The Hall–Kier alpha value is -0.200. The van der Waals surface area contributed by atoms with Crippen molar-refractivity contribution < 1.29 is 19.4 Å². The van der Waals surface area contributed by atoms with Gasteiger partial charge >= 0.3 is 0 Å². The molecule has 0 aromatic heterocycles. The lowest BCUT2D eigenvalue weighted by atomic mass is 10.2. The Morgan fingerprint density at radius 1 is 1.64 bits per heavy atom. The number of aliphatic hydroxyl groups is 1. The third-order valence-electron chi connectivity index (χ3n) is 2.10. The fraction of sp³-hybridized carbons (Fsp3) is 1.00. The van der Waals surface area contributed by atoms with E-state index in [4.69, 9.17) is 9.47 Å². The quantitative estimate of drug-likeness (QED) is 0.558. The lowest BCUT2D eigenvalue weighted by Crippen LogP contribution is -2.30. The van der Waals surface area contributed by atoms with E-state index in [1.807, 2.05) is 0 Å². The summed E-state index contributed by atoms with van der Waals surface area (Å²) in [5, 5.41) is 9.35. The van der Waals surface area contributed by atoms with Gasteiger partial charge in [-0.2, -0.15) is 0 Å². The Kier molecular flexibility index (Phi) is 6.05. The minimum atomic E-state index is -0.531. The van der Waals surface area contributed by atoms with E-state index < -0.39 is 6.10 Å². The van der Waals surface area contributed by atoms with Crippen molar-refractivity contribution in [3.8, 4) is 0 Å². The molecule has 0 aromatic rings. The third kappa shape index (κ3) is 4.88. The van der Waals surface area contributed by atoms with Crippen molar-refractivity contribution in [2.45, 2.75) is 25.0 Å². The van der Waals surface area contributed by atoms with Crippen LogP contribution in [0.3, 0.4) is 0 Å². The van der Waals surface area contributed by atoms with Crippen molar-refractivity contribution in [3.63, 3.8) is 0 Å². The lowest BCUT2D eigenvalue weighted by molar-refractivity contribution is -0.0294. The summed E-state index contributed by atoms with van der Waals surface area (Å²) < 4.78 is 10.7. The first kappa shape index (κ1) is 11.9. The van der Waals surface area contributed by atoms with Crippen LogP contribution >= 0.6 is 0 Å². The van der Waals surface area contributed by atoms with Crippen LogP contribution in [0.5, 0.6) is 0 Å². The summed E-state index contributed by atoms with van der Waals surface area (Å²) in [6, 6.07) is 0. The molecule has 14 heavy (non-hydrogen) atoms. The van der Waals surface area contributed by atoms with Crippen LogP contribution in [0.15, 0.2) is 0 Å². The predicted molar refractivity (Wildman–Crippen MR) is 50.8 cm³/mol. The Bertz CT molecular complexity index is 139. The van der Waals surface area contributed by atoms with Crippen LogP contribution in [0.25, 0.3) is 0 Å². The molecule has 0 spiro atoms. The molecule has 0 bridgehead atoms. The maximum atomic E-state index is 9.35. The average Bonchev–Trinajstić information content (AvgIpc) is 2.67. The first-order chi connectivity index (χ1) is 6.83. The zero-order valence-electron chi connectivity index (χ0n) is 8.57. The van der Waals surface area contributed by atoms with Gasteiger partial charge in [0.25, 0.3) is 0 Å². The largest absolute Gasteiger partial charge is 0.389 e. The Labute approximate surface area is 84.3 Å². The van der Waals surface area contributed by atoms with Gasteiger partial charge in [0.05, 0.1) is 32.5 Å². The molecule has 2 N–H and O–H groups in total. The van der Waals surface area contributed by atoms with Crippen LogP contribution in [0.4, 0.5) is 0 Å². The van der Waals surface area contributed by atoms with Gasteiger partial charge in [-0.15, -0.1) is 0 Å². The van der Waals surface area contributed by atoms with Crippen LogP contribution in [0.1, 0.15) is 12.8 Å². The SMILES string of the molecule is CONCC(O)COCC1CCCO1. The summed E-state index contributed by atoms with van der Waals surface area (Å²) in [4.78, 5) is 4.60. The van der Waals surface area contributed by atoms with Gasteiger partial charge in [0.2, 0.25) is 0 Å². The normalized spacial score (nSPS) is 24.0. The highest BCUT2D eigenvalue weighted by Crippen LogP contribution is 2.11. The molecule has 1 aliphatic heterocycles. The Balaban J connectivity index is 1.91. The number of aliphatic hydroxyl groups excluding tert-OH is 1. The Morgan fingerprint density at radius 2 is 2.50 bits per heavy atom. The third-order valence-corrected chi connectivity index (χ3v) is 2.10. The highest BCUT2D eigenvalue weighted by molar-refractivity contribution is 4.64. The maximum Gasteiger partial charge on any atom is 0.0920 e. The highest BCUT2D eigenvalue weighted by Gasteiger charge is 2.15. The number of nitrogens with one attached hydrogen (secondary N) is 1. The molecule has 1 rings (SSSR count). The van der Waals surface area contributed by atoms with Gasteiger partial charge in [-0.25, -0.2) is 5.48 Å². The van der Waals surface area contributed by atoms with Crippen molar-refractivity contribution in [2.75, 3.05) is 33.5 Å². The molecule has 5 heteroatoms. The number of rotatable bonds is 7. The van der Waals surface area contributed by atoms with Gasteiger partial charge in [0.15, 0.2) is 0 Å². The number of ether oxygens (including phenoxy) is 2. The zero-order chi connectivity index (χ0) is 10.2. The zero-order valence-corrected chi connectivity index (χ0v) is 8.57. The topological polar surface area (TPSA) is 60.0 Å². The molecule has 1 aliphatic rings. The summed E-state index contributed by atoms with van der Waals surface area (Å²) in [7, 11) is 1.51. The van der Waals surface area contributed by atoms with Crippen LogP contribution in [0.2, 0.25) is 0 Å². The molecule has 0 radical (unpaired) electrons. The van der Waals surface area contributed by atoms with E-state index in [2.05, 4.69) is 10.3 Å². The van der Waals surface area contributed by atoms with Gasteiger partial charge in [-0.1, -0.05) is 0 Å². The van der Waals surface area contributed by atoms with Crippen LogP contribution in [-0.2, 0) is 14.3 Å². The molecule has 1 fully saturated rings. The minimum absolute atomic E-state index is 0.220. The Morgan fingerprint density at radius 3 is 3.14 bits per heavy atom. The standard InChI is InChI=1S/C9H19NO4/c1-12-10-5-8(11)6-13-7-9-3-2-4-14-9/h8-11H,2-7H2,1H3. The second-order valence-corrected chi connectivity index (χ2v) is 3.38. The van der Waals surface area contributed by atoms with E-state index in [0.717, 1.165) is 19.4 Å². The van der Waals surface area contributed by atoms with E-state index >= 15 is 0 Å². The predicted octanol–water partition coefficient (Wildman–Crippen LogP) is -0.306. The molecular weight excluding hydrogens is 186 g/mol. The van der Waals surface area contributed by atoms with Crippen molar-refractivity contribution in [2.24, 2.45) is 0 Å². The molecular formula is C9H19NO4. The molecule has 5 nitrogen and oxygen atoms in total. The molecule has 1 heterocycles. The summed E-state index contributed by atoms with van der Waals surface area (Å²) in [6.45, 7) is 2.10. The molecule has 84 valence electrons. The first-order valence-electron chi connectivity index (χ1n) is 4.96. The molecule has 2 atom stereocenters. The second-order valence-electron chi connectivity index (χ2n) is 3.38. The minimum Gasteiger partial charge on any atom is -0.389 e. The van der Waals surface area contributed by atoms with Gasteiger partial charge in [-0.3, -0.25) is 0 Å². The molecule has 0 saturated carbocycles. The average molecular weight is 205 g/mol. The molecule has 2 unspecified atom stereocenters. The van der Waals surface area contributed by atoms with Crippen LogP contribution < -0.4 is 5.48 Å². The fourth-order valence-electron chi connectivity index (χ4n) is 1.35. The lowest BCUT2D eigenvalue weighted by Gasteiger charge is -2.13. The van der Waals surface area contributed by atoms with E-state index in [-0.39, 0.29) is 6.10 Å². The van der Waals surface area contributed by atoms with Gasteiger partial charge < -0.3 is 19.4 Å². The molecule has 0 aromatic carbocycles. The monoisotopic (exact) mass is 205 g/mol. The van der Waals surface area contributed by atoms with Crippen molar-refractivity contribution >= 4 is 0 Å². The van der Waals surface area contributed by atoms with Crippen molar-refractivity contribution in [1.29, 1.82) is 0 Å². The van der Waals surface area contributed by atoms with E-state index in [9.17, 15) is 5.11 Å². The number of hydroxylamine groups is 1. The van der Waals surface area contributed by atoms with Crippen LogP contribution in [0, 0.1) is 0 Å². The van der Waals surface area contributed by atoms with Gasteiger partial charge in [0, 0.05) is 13.2 Å². The van der Waals surface area contributed by atoms with E-state index in [1.54, 1.807) is 0 Å². The molecule has 0 aliphatic carbocycles. The fourth-order valence-corrected chi connectivity index (χ4v) is 1.35. The van der Waals surface area contributed by atoms with Crippen LogP contribution in [-0.4, -0.2) is 50.8 Å². The summed E-state index contributed by atoms with van der Waals surface area (Å²) in [5.74, 6) is 0. The number of hydrogen-bond donors (Lipinski definition) is 2. The second kappa shape index (κ2) is 7.14. The first-order valence-corrected chi connectivity index (χ1v) is 4.96. The summed E-state index contributed by atoms with van der Waals surface area (Å²) in [6.07, 6.45) is 1.86. The number of hydrogen-bond acceptors (Lipinski definition) is 5. The molecule has 0 amide bonds. The smallest absolute Gasteiger partial charge is 0.0920 e. The van der Waals surface area contributed by atoms with Crippen molar-refractivity contribution in [3.05, 3.63) is 0 Å². The van der Waals surface area contributed by atoms with Gasteiger partial charge in [0.1, 0.15) is 0 Å². The summed E-state index contributed by atoms with van der Waals surface area (Å²) in [5.41, 5.74) is 2.57. The molecule has 1 saturated heterocycles. The maximum absolute atomic E-state index is 9.35. The summed E-state index contributed by atoms with van der Waals surface area (Å²) >= 11 is 0. The van der Waals surface area contributed by atoms with E-state index in [1.165, 1.54) is 7.11 Å². The van der Waals surface area contributed by atoms with Crippen molar-refractivity contribution in [1.82, 2.24) is 5.48 Å². The van der Waals surface area contributed by atoms with E-state index in [0.29, 0.717) is 19.8 Å². The van der Waals surface area contributed by atoms with Gasteiger partial charge in [-0.05, 0) is 12.8 Å². The highest BCUT2D eigenvalue weighted by atomic mass is 16.6.